The number of carbonyl (C=O) groups excluding carboxylic acids is 2. The molecule has 2 unspecified atom stereocenters. The van der Waals surface area contributed by atoms with Crippen LogP contribution in [0.25, 0.3) is 0 Å². The third-order valence-corrected chi connectivity index (χ3v) is 3.93. The van der Waals surface area contributed by atoms with Crippen LogP contribution in [0.5, 0.6) is 0 Å². The molecular weight excluding hydrogens is 360 g/mol. The molecule has 8 nitrogen and oxygen atoms in total. The number of unbranched alkanes of at least 4 members (excludes halogenated alkanes) is 2. The summed E-state index contributed by atoms with van der Waals surface area (Å²) in [5.74, 6) is -0.620. The van der Waals surface area contributed by atoms with Crippen molar-refractivity contribution in [1.29, 1.82) is 10.5 Å². The lowest BCUT2D eigenvalue weighted by Gasteiger charge is -2.11. The molecule has 2 atom stereocenters. The summed E-state index contributed by atoms with van der Waals surface area (Å²) < 4.78 is 10.2. The zero-order chi connectivity index (χ0) is 21.0. The number of carbonyl (C=O) groups is 2. The van der Waals surface area contributed by atoms with E-state index in [0.717, 1.165) is 25.7 Å². The van der Waals surface area contributed by atoms with Gasteiger partial charge in [0.05, 0.1) is 50.3 Å². The van der Waals surface area contributed by atoms with Crippen molar-refractivity contribution < 1.29 is 19.1 Å². The van der Waals surface area contributed by atoms with Crippen molar-refractivity contribution in [3.05, 3.63) is 0 Å². The fourth-order valence-corrected chi connectivity index (χ4v) is 2.17. The van der Waals surface area contributed by atoms with E-state index in [-0.39, 0.29) is 37.6 Å². The molecule has 0 aromatic heterocycles. The van der Waals surface area contributed by atoms with Gasteiger partial charge in [0.25, 0.3) is 0 Å². The van der Waals surface area contributed by atoms with Gasteiger partial charge in [0, 0.05) is 12.8 Å². The van der Waals surface area contributed by atoms with E-state index in [0.29, 0.717) is 26.1 Å². The summed E-state index contributed by atoms with van der Waals surface area (Å²) in [6.45, 7) is 4.83. The highest BCUT2D eigenvalue weighted by Gasteiger charge is 2.15. The molecule has 0 rings (SSSR count). The number of hydrogen-bond acceptors (Lipinski definition) is 8. The Labute approximate surface area is 167 Å². The molecule has 0 bridgehead atoms. The second-order valence-electron chi connectivity index (χ2n) is 6.49. The Morgan fingerprint density at radius 2 is 1.21 bits per heavy atom. The van der Waals surface area contributed by atoms with Crippen LogP contribution >= 0.6 is 0 Å². The van der Waals surface area contributed by atoms with Gasteiger partial charge in [-0.05, 0) is 25.7 Å². The van der Waals surface area contributed by atoms with E-state index < -0.39 is 12.1 Å². The van der Waals surface area contributed by atoms with Crippen molar-refractivity contribution >= 4 is 11.9 Å². The number of nitriles is 2. The first kappa shape index (κ1) is 25.5. The molecular formula is C20H32N4O4. The minimum absolute atomic E-state index is 0.129. The molecule has 28 heavy (non-hydrogen) atoms. The second-order valence-corrected chi connectivity index (χ2v) is 6.49. The zero-order valence-electron chi connectivity index (χ0n) is 17.1. The van der Waals surface area contributed by atoms with Crippen LogP contribution in [0.4, 0.5) is 0 Å². The molecule has 0 spiro atoms. The Morgan fingerprint density at radius 3 is 1.54 bits per heavy atom. The third-order valence-electron chi connectivity index (χ3n) is 3.93. The van der Waals surface area contributed by atoms with E-state index >= 15 is 0 Å². The lowest BCUT2D eigenvalue weighted by atomic mass is 10.1. The number of hydrogen-bond donors (Lipinski definition) is 0. The Morgan fingerprint density at radius 1 is 0.821 bits per heavy atom. The second kappa shape index (κ2) is 17.9. The largest absolute Gasteiger partial charge is 0.466 e. The summed E-state index contributed by atoms with van der Waals surface area (Å²) in [7, 11) is 0. The van der Waals surface area contributed by atoms with E-state index in [1.165, 1.54) is 0 Å². The predicted octanol–water partition coefficient (Wildman–Crippen LogP) is 4.25. The van der Waals surface area contributed by atoms with Gasteiger partial charge in [-0.3, -0.25) is 9.59 Å². The van der Waals surface area contributed by atoms with Crippen LogP contribution in [0.3, 0.4) is 0 Å². The normalized spacial score (nSPS) is 12.7. The fourth-order valence-electron chi connectivity index (χ4n) is 2.17. The lowest BCUT2D eigenvalue weighted by molar-refractivity contribution is -0.144. The summed E-state index contributed by atoms with van der Waals surface area (Å²) in [6.07, 6.45) is 4.86. The number of rotatable bonds is 16. The van der Waals surface area contributed by atoms with E-state index in [9.17, 15) is 9.59 Å². The van der Waals surface area contributed by atoms with Gasteiger partial charge in [0.15, 0.2) is 0 Å². The summed E-state index contributed by atoms with van der Waals surface area (Å²) in [5, 5.41) is 26.2. The average molecular weight is 393 g/mol. The van der Waals surface area contributed by atoms with Gasteiger partial charge in [-0.25, -0.2) is 0 Å². The monoisotopic (exact) mass is 392 g/mol. The van der Waals surface area contributed by atoms with Gasteiger partial charge in [-0.15, -0.1) is 0 Å². The van der Waals surface area contributed by atoms with E-state index in [4.69, 9.17) is 20.0 Å². The SMILES string of the molecule is CCCCOC(=O)CCC(CC#N)N=NC(CC#N)CCC(=O)OCCCC. The van der Waals surface area contributed by atoms with Crippen molar-refractivity contribution in [1.82, 2.24) is 0 Å². The Bertz CT molecular complexity index is 503. The molecule has 0 fully saturated rings. The molecule has 0 aliphatic carbocycles. The van der Waals surface area contributed by atoms with Gasteiger partial charge in [0.1, 0.15) is 0 Å². The van der Waals surface area contributed by atoms with Crippen molar-refractivity contribution in [2.75, 3.05) is 13.2 Å². The van der Waals surface area contributed by atoms with Crippen LogP contribution in [0.15, 0.2) is 10.2 Å². The van der Waals surface area contributed by atoms with Crippen LogP contribution in [0.2, 0.25) is 0 Å². The Hall–Kier alpha value is -2.48. The molecule has 156 valence electrons. The van der Waals surface area contributed by atoms with Crippen molar-refractivity contribution in [3.63, 3.8) is 0 Å². The van der Waals surface area contributed by atoms with Crippen LogP contribution in [-0.4, -0.2) is 37.2 Å². The number of ether oxygens (including phenoxy) is 2. The first-order chi connectivity index (χ1) is 13.6. The highest BCUT2D eigenvalue weighted by Crippen LogP contribution is 2.13. The molecule has 0 aromatic rings. The molecule has 0 N–H and O–H groups in total. The molecule has 8 heteroatoms. The maximum atomic E-state index is 11.7. The highest BCUT2D eigenvalue weighted by atomic mass is 16.5. The summed E-state index contributed by atoms with van der Waals surface area (Å²) in [4.78, 5) is 23.4. The van der Waals surface area contributed by atoms with Crippen LogP contribution < -0.4 is 0 Å². The quantitative estimate of drug-likeness (QED) is 0.220. The Kier molecular flexibility index (Phi) is 16.3. The maximum absolute atomic E-state index is 11.7. The van der Waals surface area contributed by atoms with Crippen LogP contribution in [0.1, 0.15) is 78.1 Å². The van der Waals surface area contributed by atoms with Gasteiger partial charge in [-0.2, -0.15) is 20.8 Å². The average Bonchev–Trinajstić information content (AvgIpc) is 2.68. The summed E-state index contributed by atoms with van der Waals surface area (Å²) >= 11 is 0. The number of azo groups is 1. The smallest absolute Gasteiger partial charge is 0.305 e. The number of esters is 2. The van der Waals surface area contributed by atoms with Crippen LogP contribution in [0, 0.1) is 22.7 Å². The minimum Gasteiger partial charge on any atom is -0.466 e. The summed E-state index contributed by atoms with van der Waals surface area (Å²) in [5.41, 5.74) is 0. The highest BCUT2D eigenvalue weighted by molar-refractivity contribution is 5.69. The molecule has 0 saturated heterocycles. The molecule has 0 heterocycles. The number of nitrogens with zero attached hydrogens (tertiary/aromatic N) is 4. The first-order valence-corrected chi connectivity index (χ1v) is 10.0. The van der Waals surface area contributed by atoms with Gasteiger partial charge < -0.3 is 9.47 Å². The third kappa shape index (κ3) is 14.7. The van der Waals surface area contributed by atoms with Gasteiger partial charge in [0.2, 0.25) is 0 Å². The van der Waals surface area contributed by atoms with Crippen molar-refractivity contribution in [2.24, 2.45) is 10.2 Å². The molecule has 0 saturated carbocycles. The van der Waals surface area contributed by atoms with Gasteiger partial charge >= 0.3 is 11.9 Å². The zero-order valence-corrected chi connectivity index (χ0v) is 17.1. The van der Waals surface area contributed by atoms with Crippen LogP contribution in [-0.2, 0) is 19.1 Å². The first-order valence-electron chi connectivity index (χ1n) is 10.0. The lowest BCUT2D eigenvalue weighted by Crippen LogP contribution is -2.13. The molecule has 0 aliphatic rings. The maximum Gasteiger partial charge on any atom is 0.305 e. The standard InChI is InChI=1S/C20H32N4O4/c1-3-5-15-27-19(25)9-7-17(11-13-21)23-24-18(12-14-22)8-10-20(26)28-16-6-4-2/h17-18H,3-12,15-16H2,1-2H3. The molecule has 0 aliphatic heterocycles. The van der Waals surface area contributed by atoms with Crippen molar-refractivity contribution in [3.8, 4) is 12.1 Å². The Balaban J connectivity index is 4.49. The van der Waals surface area contributed by atoms with Crippen molar-refractivity contribution in [2.45, 2.75) is 90.1 Å². The molecule has 0 radical (unpaired) electrons. The van der Waals surface area contributed by atoms with Gasteiger partial charge in [-0.1, -0.05) is 26.7 Å². The molecule has 0 amide bonds. The minimum atomic E-state index is -0.429. The topological polar surface area (TPSA) is 125 Å². The van der Waals surface area contributed by atoms with E-state index in [2.05, 4.69) is 10.2 Å². The predicted molar refractivity (Wildman–Crippen MR) is 103 cm³/mol. The fraction of sp³-hybridized carbons (Fsp3) is 0.800. The van der Waals surface area contributed by atoms with E-state index in [1.807, 2.05) is 26.0 Å². The molecule has 0 aromatic carbocycles. The van der Waals surface area contributed by atoms with E-state index in [1.54, 1.807) is 0 Å². The summed E-state index contributed by atoms with van der Waals surface area (Å²) in [6, 6.07) is 3.21.